The van der Waals surface area contributed by atoms with E-state index in [2.05, 4.69) is 10.2 Å². The molecule has 2 aromatic rings. The topological polar surface area (TPSA) is 63.1 Å². The second-order valence-corrected chi connectivity index (χ2v) is 5.86. The Bertz CT molecular complexity index is 569. The molecule has 7 heteroatoms. The Labute approximate surface area is 117 Å². The Morgan fingerprint density at radius 2 is 2.06 bits per heavy atom. The molecule has 92 valence electrons. The third-order valence-electron chi connectivity index (χ3n) is 1.96. The van der Waals surface area contributed by atoms with Crippen LogP contribution in [0, 0.1) is 0 Å². The fourth-order valence-electron chi connectivity index (χ4n) is 1.20. The average molecular weight is 296 g/mol. The van der Waals surface area contributed by atoms with Gasteiger partial charge in [-0.1, -0.05) is 65.6 Å². The van der Waals surface area contributed by atoms with E-state index in [0.717, 1.165) is 17.3 Å². The summed E-state index contributed by atoms with van der Waals surface area (Å²) >= 11 is 7.78. The van der Waals surface area contributed by atoms with Gasteiger partial charge in [0.15, 0.2) is 9.35 Å². The summed E-state index contributed by atoms with van der Waals surface area (Å²) < 4.78 is 0.616. The highest BCUT2D eigenvalue weighted by atomic mass is 32.2. The molecule has 4 nitrogen and oxygen atoms in total. The van der Waals surface area contributed by atoms with E-state index in [9.17, 15) is 4.79 Å². The Morgan fingerprint density at radius 3 is 2.72 bits per heavy atom. The molecule has 0 fully saturated rings. The number of hydrogen-bond donors (Lipinski definition) is 1. The van der Waals surface area contributed by atoms with Crippen molar-refractivity contribution < 1.29 is 9.90 Å². The van der Waals surface area contributed by atoms with E-state index in [1.165, 1.54) is 11.3 Å². The standard InChI is InChI=1S/C11H8N2O2S3/c14-8(15)6-17-11-13-12-10(18-11)9(16)7-4-2-1-3-5-7/h1-5H,6H2,(H,14,15). The van der Waals surface area contributed by atoms with E-state index in [0.29, 0.717) is 14.2 Å². The molecule has 2 rings (SSSR count). The predicted octanol–water partition coefficient (Wildman–Crippen LogP) is 2.48. The lowest BCUT2D eigenvalue weighted by atomic mass is 10.2. The molecule has 18 heavy (non-hydrogen) atoms. The lowest BCUT2D eigenvalue weighted by molar-refractivity contribution is -0.133. The average Bonchev–Trinajstić information content (AvgIpc) is 2.85. The van der Waals surface area contributed by atoms with Gasteiger partial charge < -0.3 is 5.11 Å². The van der Waals surface area contributed by atoms with Gasteiger partial charge in [0.05, 0.1) is 10.6 Å². The van der Waals surface area contributed by atoms with Crippen LogP contribution in [-0.4, -0.2) is 31.9 Å². The summed E-state index contributed by atoms with van der Waals surface area (Å²) in [6, 6.07) is 9.55. The highest BCUT2D eigenvalue weighted by Crippen LogP contribution is 2.24. The predicted molar refractivity (Wildman–Crippen MR) is 75.5 cm³/mol. The van der Waals surface area contributed by atoms with Gasteiger partial charge in [0.25, 0.3) is 0 Å². The van der Waals surface area contributed by atoms with E-state index < -0.39 is 5.97 Å². The maximum atomic E-state index is 10.4. The number of benzene rings is 1. The molecule has 1 aromatic heterocycles. The van der Waals surface area contributed by atoms with Crippen LogP contribution in [0.1, 0.15) is 10.6 Å². The van der Waals surface area contributed by atoms with Crippen molar-refractivity contribution in [2.75, 3.05) is 5.75 Å². The first kappa shape index (κ1) is 13.1. The minimum absolute atomic E-state index is 0.0211. The minimum Gasteiger partial charge on any atom is -0.481 e. The van der Waals surface area contributed by atoms with Crippen LogP contribution >= 0.6 is 35.3 Å². The molecular weight excluding hydrogens is 288 g/mol. The number of carbonyl (C=O) groups is 1. The number of hydrogen-bond acceptors (Lipinski definition) is 6. The summed E-state index contributed by atoms with van der Waals surface area (Å²) in [6.45, 7) is 0. The zero-order chi connectivity index (χ0) is 13.0. The molecule has 1 N–H and O–H groups in total. The Hall–Kier alpha value is -1.31. The number of rotatable bonds is 5. The second kappa shape index (κ2) is 6.03. The van der Waals surface area contributed by atoms with Crippen molar-refractivity contribution in [3.63, 3.8) is 0 Å². The number of nitrogens with zero attached hydrogens (tertiary/aromatic N) is 2. The normalized spacial score (nSPS) is 10.2. The zero-order valence-electron chi connectivity index (χ0n) is 9.07. The molecule has 0 saturated heterocycles. The SMILES string of the molecule is O=C(O)CSc1nnc(C(=S)c2ccccc2)s1. The maximum absolute atomic E-state index is 10.4. The number of aromatic nitrogens is 2. The molecule has 0 aliphatic heterocycles. The molecule has 1 heterocycles. The number of thioether (sulfide) groups is 1. The van der Waals surface area contributed by atoms with Crippen LogP contribution < -0.4 is 0 Å². The summed E-state index contributed by atoms with van der Waals surface area (Å²) in [6.07, 6.45) is 0. The van der Waals surface area contributed by atoms with Crippen LogP contribution in [0.15, 0.2) is 34.7 Å². The first-order chi connectivity index (χ1) is 8.66. The number of thiocarbonyl (C=S) groups is 1. The van der Waals surface area contributed by atoms with E-state index >= 15 is 0 Å². The molecule has 0 unspecified atom stereocenters. The van der Waals surface area contributed by atoms with Crippen LogP contribution in [0.5, 0.6) is 0 Å². The van der Waals surface area contributed by atoms with Gasteiger partial charge in [-0.25, -0.2) is 0 Å². The Kier molecular flexibility index (Phi) is 4.40. The van der Waals surface area contributed by atoms with Crippen molar-refractivity contribution in [1.29, 1.82) is 0 Å². The summed E-state index contributed by atoms with van der Waals surface area (Å²) in [5, 5.41) is 17.1. The minimum atomic E-state index is -0.873. The zero-order valence-corrected chi connectivity index (χ0v) is 11.5. The molecule has 0 aliphatic carbocycles. The van der Waals surface area contributed by atoms with E-state index in [1.54, 1.807) is 0 Å². The van der Waals surface area contributed by atoms with Crippen LogP contribution in [0.2, 0.25) is 0 Å². The smallest absolute Gasteiger partial charge is 0.313 e. The highest BCUT2D eigenvalue weighted by Gasteiger charge is 2.12. The lowest BCUT2D eigenvalue weighted by Crippen LogP contribution is -1.98. The van der Waals surface area contributed by atoms with Gasteiger partial charge in [-0.2, -0.15) is 0 Å². The number of carboxylic acid groups (broad SMARTS) is 1. The van der Waals surface area contributed by atoms with Gasteiger partial charge >= 0.3 is 5.97 Å². The Morgan fingerprint density at radius 1 is 1.33 bits per heavy atom. The first-order valence-corrected chi connectivity index (χ1v) is 7.15. The first-order valence-electron chi connectivity index (χ1n) is 4.94. The molecule has 0 amide bonds. The summed E-state index contributed by atoms with van der Waals surface area (Å²) in [5.74, 6) is -0.894. The van der Waals surface area contributed by atoms with Gasteiger partial charge in [-0.3, -0.25) is 4.79 Å². The molecule has 0 spiro atoms. The third-order valence-corrected chi connectivity index (χ3v) is 4.57. The van der Waals surface area contributed by atoms with E-state index in [4.69, 9.17) is 17.3 Å². The molecule has 0 bridgehead atoms. The van der Waals surface area contributed by atoms with Crippen molar-refractivity contribution >= 4 is 46.2 Å². The molecule has 1 aromatic carbocycles. The summed E-state index contributed by atoms with van der Waals surface area (Å²) in [4.78, 5) is 11.1. The molecular formula is C11H8N2O2S3. The van der Waals surface area contributed by atoms with Crippen LogP contribution in [0.4, 0.5) is 0 Å². The molecule has 0 aliphatic rings. The number of aliphatic carboxylic acids is 1. The molecule has 0 saturated carbocycles. The van der Waals surface area contributed by atoms with Crippen LogP contribution in [0.25, 0.3) is 0 Å². The molecule has 0 atom stereocenters. The fraction of sp³-hybridized carbons (Fsp3) is 0.0909. The van der Waals surface area contributed by atoms with Crippen molar-refractivity contribution in [3.05, 3.63) is 40.9 Å². The summed E-state index contributed by atoms with van der Waals surface area (Å²) in [7, 11) is 0. The largest absolute Gasteiger partial charge is 0.481 e. The maximum Gasteiger partial charge on any atom is 0.313 e. The van der Waals surface area contributed by atoms with Crippen LogP contribution in [-0.2, 0) is 4.79 Å². The van der Waals surface area contributed by atoms with Gasteiger partial charge in [0, 0.05) is 0 Å². The van der Waals surface area contributed by atoms with E-state index in [-0.39, 0.29) is 5.75 Å². The quantitative estimate of drug-likeness (QED) is 0.519. The second-order valence-electron chi connectivity index (χ2n) is 3.25. The van der Waals surface area contributed by atoms with Gasteiger partial charge in [-0.15, -0.1) is 10.2 Å². The lowest BCUT2D eigenvalue weighted by Gasteiger charge is -1.97. The van der Waals surface area contributed by atoms with Crippen LogP contribution in [0.3, 0.4) is 0 Å². The highest BCUT2D eigenvalue weighted by molar-refractivity contribution is 8.01. The van der Waals surface area contributed by atoms with Gasteiger partial charge in [0.1, 0.15) is 0 Å². The fourth-order valence-corrected chi connectivity index (χ4v) is 3.03. The Balaban J connectivity index is 2.10. The monoisotopic (exact) mass is 296 g/mol. The summed E-state index contributed by atoms with van der Waals surface area (Å²) in [5.41, 5.74) is 0.915. The molecule has 0 radical (unpaired) electrons. The van der Waals surface area contributed by atoms with Gasteiger partial charge in [0.2, 0.25) is 0 Å². The van der Waals surface area contributed by atoms with Crippen molar-refractivity contribution in [1.82, 2.24) is 10.2 Å². The van der Waals surface area contributed by atoms with Crippen molar-refractivity contribution in [3.8, 4) is 0 Å². The van der Waals surface area contributed by atoms with Gasteiger partial charge in [-0.05, 0) is 5.56 Å². The van der Waals surface area contributed by atoms with Crippen molar-refractivity contribution in [2.45, 2.75) is 4.34 Å². The number of carboxylic acids is 1. The van der Waals surface area contributed by atoms with Crippen molar-refractivity contribution in [2.24, 2.45) is 0 Å². The van der Waals surface area contributed by atoms with E-state index in [1.807, 2.05) is 30.3 Å². The third kappa shape index (κ3) is 3.34.